The summed E-state index contributed by atoms with van der Waals surface area (Å²) >= 11 is 0. The van der Waals surface area contributed by atoms with Gasteiger partial charge >= 0.3 is 5.97 Å². The fraction of sp³-hybridized carbons (Fsp3) is 0.917. The van der Waals surface area contributed by atoms with Crippen LogP contribution in [0.25, 0.3) is 0 Å². The number of unbranched alkanes of at least 4 members (excludes halogenated alkanes) is 8. The van der Waals surface area contributed by atoms with Gasteiger partial charge < -0.3 is 15.8 Å². The van der Waals surface area contributed by atoms with Crippen molar-refractivity contribution in [3.8, 4) is 0 Å². The maximum atomic E-state index is 12.2. The van der Waals surface area contributed by atoms with Gasteiger partial charge in [-0.2, -0.15) is 0 Å². The van der Waals surface area contributed by atoms with Crippen LogP contribution in [0, 0.1) is 0 Å². The first-order valence-electron chi connectivity index (χ1n) is 12.4. The van der Waals surface area contributed by atoms with E-state index in [-0.39, 0.29) is 11.9 Å². The van der Waals surface area contributed by atoms with Gasteiger partial charge in [0.1, 0.15) is 0 Å². The van der Waals surface area contributed by atoms with E-state index in [0.717, 1.165) is 57.9 Å². The Kier molecular flexibility index (Phi) is 16.9. The van der Waals surface area contributed by atoms with Gasteiger partial charge in [0, 0.05) is 19.3 Å². The van der Waals surface area contributed by atoms with Crippen LogP contribution in [0.5, 0.6) is 0 Å². The predicted octanol–water partition coefficient (Wildman–Crippen LogP) is 5.75. The second-order valence-electron chi connectivity index (χ2n) is 8.63. The second-order valence-corrected chi connectivity index (χ2v) is 8.63. The molecule has 1 saturated heterocycles. The van der Waals surface area contributed by atoms with Crippen molar-refractivity contribution in [3.05, 3.63) is 0 Å². The smallest absolute Gasteiger partial charge is 0.307 e. The largest absolute Gasteiger partial charge is 0.442 e. The number of hydrogen-bond acceptors (Lipinski definition) is 4. The normalized spacial score (nSPS) is 19.5. The third kappa shape index (κ3) is 16.4. The standard InChI is InChI=1S/C24H46N2O3/c25-21-17-13-9-5-1-2-8-12-16-20-24(28)29-23-19-15-11-7-4-3-6-10-14-18-22(27)26-23/h23H,1-21,25H2,(H,26,27). The van der Waals surface area contributed by atoms with Crippen molar-refractivity contribution < 1.29 is 14.3 Å². The number of nitrogens with two attached hydrogens (primary N) is 1. The summed E-state index contributed by atoms with van der Waals surface area (Å²) in [7, 11) is 0. The molecule has 0 aromatic carbocycles. The zero-order chi connectivity index (χ0) is 21.0. The quantitative estimate of drug-likeness (QED) is 0.317. The Morgan fingerprint density at radius 1 is 0.793 bits per heavy atom. The summed E-state index contributed by atoms with van der Waals surface area (Å²) in [5.74, 6) is -0.144. The van der Waals surface area contributed by atoms with E-state index in [0.29, 0.717) is 12.8 Å². The molecule has 1 atom stereocenters. The minimum absolute atomic E-state index is 0.0218. The third-order valence-corrected chi connectivity index (χ3v) is 5.80. The van der Waals surface area contributed by atoms with Gasteiger partial charge in [-0.3, -0.25) is 9.59 Å². The molecule has 1 amide bonds. The number of esters is 1. The molecule has 1 heterocycles. The first-order chi connectivity index (χ1) is 14.2. The number of hydrogen-bond donors (Lipinski definition) is 2. The highest BCUT2D eigenvalue weighted by atomic mass is 16.6. The van der Waals surface area contributed by atoms with Gasteiger partial charge in [0.25, 0.3) is 0 Å². The first kappa shape index (κ1) is 25.9. The minimum Gasteiger partial charge on any atom is -0.442 e. The lowest BCUT2D eigenvalue weighted by molar-refractivity contribution is -0.152. The molecule has 0 bridgehead atoms. The van der Waals surface area contributed by atoms with E-state index >= 15 is 0 Å². The minimum atomic E-state index is -0.440. The highest BCUT2D eigenvalue weighted by Gasteiger charge is 2.17. The van der Waals surface area contributed by atoms with E-state index in [1.54, 1.807) is 0 Å². The molecule has 0 saturated carbocycles. The zero-order valence-corrected chi connectivity index (χ0v) is 18.7. The third-order valence-electron chi connectivity index (χ3n) is 5.80. The van der Waals surface area contributed by atoms with Crippen LogP contribution in [0.1, 0.15) is 128 Å². The van der Waals surface area contributed by atoms with Crippen LogP contribution in [-0.2, 0) is 14.3 Å². The summed E-state index contributed by atoms with van der Waals surface area (Å²) in [6.45, 7) is 0.806. The highest BCUT2D eigenvalue weighted by Crippen LogP contribution is 2.15. The number of ether oxygens (including phenoxy) is 1. The fourth-order valence-electron chi connectivity index (χ4n) is 3.96. The summed E-state index contributed by atoms with van der Waals surface area (Å²) in [6.07, 6.45) is 21.2. The zero-order valence-electron chi connectivity index (χ0n) is 18.7. The van der Waals surface area contributed by atoms with E-state index in [1.807, 2.05) is 0 Å². The van der Waals surface area contributed by atoms with E-state index in [4.69, 9.17) is 10.5 Å². The van der Waals surface area contributed by atoms with Crippen molar-refractivity contribution in [2.24, 2.45) is 5.73 Å². The molecule has 3 N–H and O–H groups in total. The van der Waals surface area contributed by atoms with Gasteiger partial charge in [0.15, 0.2) is 6.23 Å². The molecule has 0 aliphatic carbocycles. The van der Waals surface area contributed by atoms with E-state index in [1.165, 1.54) is 64.2 Å². The van der Waals surface area contributed by atoms with Crippen molar-refractivity contribution in [2.45, 2.75) is 135 Å². The number of carbonyl (C=O) groups excluding carboxylic acids is 2. The number of carbonyl (C=O) groups is 2. The average molecular weight is 411 g/mol. The van der Waals surface area contributed by atoms with Crippen molar-refractivity contribution in [1.29, 1.82) is 0 Å². The Morgan fingerprint density at radius 2 is 1.31 bits per heavy atom. The molecule has 1 rings (SSSR count). The van der Waals surface area contributed by atoms with Crippen LogP contribution in [0.2, 0.25) is 0 Å². The Bertz CT molecular complexity index is 415. The van der Waals surface area contributed by atoms with Gasteiger partial charge in [-0.05, 0) is 32.2 Å². The van der Waals surface area contributed by atoms with Gasteiger partial charge in [-0.25, -0.2) is 0 Å². The molecule has 170 valence electrons. The van der Waals surface area contributed by atoms with Crippen LogP contribution in [0.15, 0.2) is 0 Å². The van der Waals surface area contributed by atoms with Crippen LogP contribution in [0.4, 0.5) is 0 Å². The van der Waals surface area contributed by atoms with E-state index in [9.17, 15) is 9.59 Å². The van der Waals surface area contributed by atoms with E-state index in [2.05, 4.69) is 5.32 Å². The molecule has 5 heteroatoms. The highest BCUT2D eigenvalue weighted by molar-refractivity contribution is 5.76. The topological polar surface area (TPSA) is 81.4 Å². The maximum absolute atomic E-state index is 12.2. The van der Waals surface area contributed by atoms with Crippen molar-refractivity contribution in [1.82, 2.24) is 5.32 Å². The van der Waals surface area contributed by atoms with Crippen molar-refractivity contribution in [2.75, 3.05) is 6.54 Å². The molecule has 0 spiro atoms. The van der Waals surface area contributed by atoms with Gasteiger partial charge in [0.2, 0.25) is 5.91 Å². The maximum Gasteiger partial charge on any atom is 0.307 e. The monoisotopic (exact) mass is 410 g/mol. The van der Waals surface area contributed by atoms with Crippen molar-refractivity contribution >= 4 is 11.9 Å². The Morgan fingerprint density at radius 3 is 1.93 bits per heavy atom. The van der Waals surface area contributed by atoms with E-state index < -0.39 is 6.23 Å². The molecule has 29 heavy (non-hydrogen) atoms. The molecule has 0 radical (unpaired) electrons. The second kappa shape index (κ2) is 18.9. The van der Waals surface area contributed by atoms with Crippen molar-refractivity contribution in [3.63, 3.8) is 0 Å². The molecular formula is C24H46N2O3. The molecule has 5 nitrogen and oxygen atoms in total. The molecular weight excluding hydrogens is 364 g/mol. The average Bonchev–Trinajstić information content (AvgIpc) is 2.72. The summed E-state index contributed by atoms with van der Waals surface area (Å²) < 4.78 is 5.60. The molecule has 1 unspecified atom stereocenters. The number of nitrogens with one attached hydrogen (secondary N) is 1. The lowest BCUT2D eigenvalue weighted by atomic mass is 10.1. The molecule has 1 aliphatic rings. The molecule has 0 aromatic heterocycles. The first-order valence-corrected chi connectivity index (χ1v) is 12.4. The summed E-state index contributed by atoms with van der Waals surface area (Å²) in [5, 5.41) is 2.94. The summed E-state index contributed by atoms with van der Waals surface area (Å²) in [6, 6.07) is 0. The molecule has 0 aromatic rings. The Balaban J connectivity index is 2.14. The molecule has 1 aliphatic heterocycles. The van der Waals surface area contributed by atoms with Crippen LogP contribution < -0.4 is 11.1 Å². The fourth-order valence-corrected chi connectivity index (χ4v) is 3.96. The lowest BCUT2D eigenvalue weighted by Gasteiger charge is -2.19. The van der Waals surface area contributed by atoms with Crippen LogP contribution in [-0.4, -0.2) is 24.6 Å². The Labute approximate surface area is 178 Å². The number of amides is 1. The predicted molar refractivity (Wildman–Crippen MR) is 119 cm³/mol. The van der Waals surface area contributed by atoms with Gasteiger partial charge in [-0.15, -0.1) is 0 Å². The Hall–Kier alpha value is -1.10. The number of rotatable bonds is 12. The summed E-state index contributed by atoms with van der Waals surface area (Å²) in [4.78, 5) is 24.3. The van der Waals surface area contributed by atoms with Crippen LogP contribution >= 0.6 is 0 Å². The SMILES string of the molecule is NCCCCCCCCCCCC(=O)OC1CCCCCCCCCCC(=O)N1. The van der Waals surface area contributed by atoms with Gasteiger partial charge in [-0.1, -0.05) is 83.5 Å². The van der Waals surface area contributed by atoms with Crippen LogP contribution in [0.3, 0.4) is 0 Å². The lowest BCUT2D eigenvalue weighted by Crippen LogP contribution is -2.38. The summed E-state index contributed by atoms with van der Waals surface area (Å²) in [5.41, 5.74) is 5.50. The van der Waals surface area contributed by atoms with Gasteiger partial charge in [0.05, 0.1) is 0 Å². The molecule has 1 fully saturated rings.